The van der Waals surface area contributed by atoms with Gasteiger partial charge in [0.2, 0.25) is 0 Å². The lowest BCUT2D eigenvalue weighted by Gasteiger charge is -2.14. The van der Waals surface area contributed by atoms with E-state index in [9.17, 15) is 0 Å². The van der Waals surface area contributed by atoms with Gasteiger partial charge >= 0.3 is 0 Å². The Bertz CT molecular complexity index is 5580. The Morgan fingerprint density at radius 2 is 0.532 bits per heavy atom. The molecule has 0 unspecified atom stereocenters. The van der Waals surface area contributed by atoms with Crippen molar-refractivity contribution in [2.75, 3.05) is 0 Å². The minimum absolute atomic E-state index is 0.571. The van der Waals surface area contributed by atoms with Crippen LogP contribution in [0.2, 0.25) is 0 Å². The lowest BCUT2D eigenvalue weighted by molar-refractivity contribution is 1.07. The van der Waals surface area contributed by atoms with Crippen molar-refractivity contribution in [3.8, 4) is 135 Å². The van der Waals surface area contributed by atoms with Gasteiger partial charge in [0, 0.05) is 90.4 Å². The van der Waals surface area contributed by atoms with Crippen LogP contribution in [0.15, 0.2) is 322 Å². The van der Waals surface area contributed by atoms with E-state index < -0.39 is 0 Å². The molecule has 17 rings (SSSR count). The fourth-order valence-electron chi connectivity index (χ4n) is 12.8. The first-order chi connectivity index (χ1) is 46.6. The molecule has 0 spiro atoms. The maximum Gasteiger partial charge on any atom is 0.164 e. The molecule has 0 saturated heterocycles. The molecule has 9 nitrogen and oxygen atoms in total. The van der Waals surface area contributed by atoms with E-state index in [1.54, 1.807) is 0 Å². The zero-order valence-electron chi connectivity index (χ0n) is 50.6. The molecular weight excluding hydrogens is 1150 g/mol. The van der Waals surface area contributed by atoms with Crippen molar-refractivity contribution in [3.05, 3.63) is 322 Å². The highest BCUT2D eigenvalue weighted by Gasteiger charge is 2.20. The van der Waals surface area contributed by atoms with Crippen LogP contribution in [-0.4, -0.2) is 44.9 Å². The predicted octanol–water partition coefficient (Wildman–Crippen LogP) is 20.9. The second-order valence-corrected chi connectivity index (χ2v) is 23.3. The first-order valence-corrected chi connectivity index (χ1v) is 31.3. The Morgan fingerprint density at radius 3 is 1.07 bits per heavy atom. The topological polar surface area (TPSA) is 116 Å². The second-order valence-electron chi connectivity index (χ2n) is 23.3. The highest BCUT2D eigenvalue weighted by atomic mass is 15.0. The third-order valence-corrected chi connectivity index (χ3v) is 17.6. The average Bonchev–Trinajstić information content (AvgIpc) is 0.772. The van der Waals surface area contributed by atoms with Gasteiger partial charge in [-0.1, -0.05) is 291 Å². The molecule has 0 saturated carbocycles. The van der Waals surface area contributed by atoms with E-state index in [4.69, 9.17) is 44.9 Å². The summed E-state index contributed by atoms with van der Waals surface area (Å²) in [7, 11) is 0. The Labute approximate surface area is 542 Å². The molecule has 0 fully saturated rings. The van der Waals surface area contributed by atoms with Crippen LogP contribution >= 0.6 is 0 Å². The van der Waals surface area contributed by atoms with Gasteiger partial charge in [0.25, 0.3) is 0 Å². The van der Waals surface area contributed by atoms with E-state index in [-0.39, 0.29) is 0 Å². The van der Waals surface area contributed by atoms with Crippen LogP contribution in [-0.2, 0) is 0 Å². The van der Waals surface area contributed by atoms with Crippen molar-refractivity contribution in [1.82, 2.24) is 44.9 Å². The smallest absolute Gasteiger partial charge is 0.164 e. The van der Waals surface area contributed by atoms with Crippen molar-refractivity contribution in [2.45, 2.75) is 0 Å². The molecule has 0 aliphatic carbocycles. The van der Waals surface area contributed by atoms with E-state index in [1.165, 1.54) is 0 Å². The Morgan fingerprint density at radius 1 is 0.170 bits per heavy atom. The van der Waals surface area contributed by atoms with Crippen LogP contribution in [0.5, 0.6) is 0 Å². The number of pyridine rings is 3. The van der Waals surface area contributed by atoms with Gasteiger partial charge < -0.3 is 0 Å². The largest absolute Gasteiger partial charge is 0.256 e. The van der Waals surface area contributed by atoms with Gasteiger partial charge in [0.05, 0.1) is 16.9 Å². The van der Waals surface area contributed by atoms with Gasteiger partial charge in [0.1, 0.15) is 0 Å². The summed E-state index contributed by atoms with van der Waals surface area (Å²) in [5, 5.41) is 7.56. The first kappa shape index (κ1) is 55.2. The van der Waals surface area contributed by atoms with Crippen molar-refractivity contribution < 1.29 is 0 Å². The van der Waals surface area contributed by atoms with Crippen LogP contribution in [0.3, 0.4) is 0 Å². The maximum absolute atomic E-state index is 5.27. The van der Waals surface area contributed by atoms with E-state index in [2.05, 4.69) is 285 Å². The fraction of sp³-hybridized carbons (Fsp3) is 0. The second kappa shape index (κ2) is 23.8. The molecule has 0 aliphatic rings. The van der Waals surface area contributed by atoms with E-state index in [0.717, 1.165) is 144 Å². The van der Waals surface area contributed by atoms with Crippen molar-refractivity contribution in [1.29, 1.82) is 0 Å². The van der Waals surface area contributed by atoms with Crippen molar-refractivity contribution in [2.24, 2.45) is 0 Å². The maximum atomic E-state index is 5.27. The molecule has 438 valence electrons. The summed E-state index contributed by atoms with van der Waals surface area (Å²) in [5.41, 5.74) is 18.7. The number of nitrogens with zero attached hydrogens (tertiary/aromatic N) is 9. The molecule has 0 radical (unpaired) electrons. The highest BCUT2D eigenvalue weighted by Crippen LogP contribution is 2.41. The summed E-state index contributed by atoms with van der Waals surface area (Å²) in [4.78, 5) is 46.0. The lowest BCUT2D eigenvalue weighted by Crippen LogP contribution is -2.00. The van der Waals surface area contributed by atoms with Crippen molar-refractivity contribution in [3.63, 3.8) is 0 Å². The third-order valence-electron chi connectivity index (χ3n) is 17.6. The molecule has 0 amide bonds. The summed E-state index contributed by atoms with van der Waals surface area (Å²) < 4.78 is 0. The molecule has 0 atom stereocenters. The lowest BCUT2D eigenvalue weighted by atomic mass is 9.93. The summed E-state index contributed by atoms with van der Waals surface area (Å²) in [5.74, 6) is 3.53. The minimum atomic E-state index is 0.571. The number of rotatable bonds is 12. The number of hydrogen-bond donors (Lipinski definition) is 0. The molecule has 5 heterocycles. The quantitative estimate of drug-likeness (QED) is 0.118. The van der Waals surface area contributed by atoms with Crippen LogP contribution in [0.25, 0.3) is 179 Å². The first-order valence-electron chi connectivity index (χ1n) is 31.3. The van der Waals surface area contributed by atoms with Gasteiger partial charge in [-0.25, -0.2) is 29.9 Å². The number of aromatic nitrogens is 9. The molecule has 5 aromatic heterocycles. The number of hydrogen-bond acceptors (Lipinski definition) is 9. The van der Waals surface area contributed by atoms with E-state index >= 15 is 0 Å². The predicted molar refractivity (Wildman–Crippen MR) is 382 cm³/mol. The Balaban J connectivity index is 0.687. The molecular formula is C85H53N9. The SMILES string of the molecule is c1ccc(-c2ccc(-c3nc(-c4ccc(-c5ccccc5)cc4)nc(-c4ccc(-c5cccc6c(-c7cnc(-c8ccc(-c9nc(-c%10ccc(-c%11nccc%12ccccc%11%12)cc%10)nc(-c%10cccc%11ccccc%10%11)n9)cc8)c8ccccc78)ccnc56)cc4)n3)cc2)cc1. The zero-order valence-corrected chi connectivity index (χ0v) is 50.6. The zero-order chi connectivity index (χ0) is 62.3. The summed E-state index contributed by atoms with van der Waals surface area (Å²) in [6.07, 6.45) is 5.77. The normalized spacial score (nSPS) is 11.4. The number of para-hydroxylation sites is 1. The monoisotopic (exact) mass is 1200 g/mol. The summed E-state index contributed by atoms with van der Waals surface area (Å²) >= 11 is 0. The third kappa shape index (κ3) is 10.4. The molecule has 0 bridgehead atoms. The van der Waals surface area contributed by atoms with Crippen LogP contribution < -0.4 is 0 Å². The Kier molecular flexibility index (Phi) is 14.0. The number of benzene rings is 12. The average molecular weight is 1200 g/mol. The highest BCUT2D eigenvalue weighted by molar-refractivity contribution is 6.10. The van der Waals surface area contributed by atoms with Gasteiger partial charge in [-0.15, -0.1) is 0 Å². The minimum Gasteiger partial charge on any atom is -0.256 e. The molecule has 12 aromatic carbocycles. The van der Waals surface area contributed by atoms with Gasteiger partial charge in [-0.3, -0.25) is 15.0 Å². The Hall–Kier alpha value is -12.9. The van der Waals surface area contributed by atoms with Crippen LogP contribution in [0.1, 0.15) is 0 Å². The molecule has 0 N–H and O–H groups in total. The molecule has 94 heavy (non-hydrogen) atoms. The van der Waals surface area contributed by atoms with Gasteiger partial charge in [-0.05, 0) is 67.1 Å². The van der Waals surface area contributed by atoms with Crippen LogP contribution in [0.4, 0.5) is 0 Å². The van der Waals surface area contributed by atoms with E-state index in [1.807, 2.05) is 36.8 Å². The summed E-state index contributed by atoms with van der Waals surface area (Å²) in [6.45, 7) is 0. The van der Waals surface area contributed by atoms with E-state index in [0.29, 0.717) is 34.9 Å². The molecule has 17 aromatic rings. The molecule has 0 aliphatic heterocycles. The van der Waals surface area contributed by atoms with Gasteiger partial charge in [0.15, 0.2) is 34.9 Å². The summed E-state index contributed by atoms with van der Waals surface area (Å²) in [6, 6.07) is 105. The van der Waals surface area contributed by atoms with Gasteiger partial charge in [-0.2, -0.15) is 0 Å². The number of fused-ring (bicyclic) bond motifs is 4. The molecule has 9 heteroatoms. The van der Waals surface area contributed by atoms with Crippen LogP contribution in [0, 0.1) is 0 Å². The standard InChI is InChI=1S/C85H53N9/c1-3-15-54(16-4-1)56-29-39-63(40-30-56)80-89-81(64-41-31-57(32-42-64)55-17-5-2-6-18-55)91-82(90-80)65-43-33-60(34-44-65)70-26-14-27-74-72(50-52-87-79(70)74)76-53-88-78(73-25-12-11-24-71(73)76)62-37-47-67(48-38-62)84-92-83(93-85(94-84)75-28-13-21-58-19-7-9-22-68(58)75)66-45-35-61(36-46-66)77-69-23-10-8-20-59(69)49-51-86-77/h1-53H. The fourth-order valence-corrected chi connectivity index (χ4v) is 12.8. The van der Waals surface area contributed by atoms with Crippen molar-refractivity contribution >= 4 is 43.2 Å².